The minimum absolute atomic E-state index is 0.0684. The van der Waals surface area contributed by atoms with E-state index in [1.165, 1.54) is 0 Å². The molecule has 1 aromatic heterocycles. The van der Waals surface area contributed by atoms with Crippen LogP contribution in [0.25, 0.3) is 0 Å². The lowest BCUT2D eigenvalue weighted by atomic mass is 9.95. The van der Waals surface area contributed by atoms with Crippen LogP contribution in [-0.4, -0.2) is 15.9 Å². The number of nitrogens with zero attached hydrogens (tertiary/aromatic N) is 2. The normalized spacial score (nSPS) is 12.6. The molecule has 4 nitrogen and oxygen atoms in total. The first-order chi connectivity index (χ1) is 7.51. The number of hydrogen-bond donors (Lipinski definition) is 1. The zero-order chi connectivity index (χ0) is 13.4. The summed E-state index contributed by atoms with van der Waals surface area (Å²) in [5.41, 5.74) is 2.64. The Bertz CT molecular complexity index is 417. The van der Waals surface area contributed by atoms with Gasteiger partial charge in [0.05, 0.1) is 0 Å². The zero-order valence-electron chi connectivity index (χ0n) is 9.59. The molecule has 0 fully saturated rings. The highest BCUT2D eigenvalue weighted by Crippen LogP contribution is 2.29. The smallest absolute Gasteiger partial charge is 0.364 e. The fourth-order valence-corrected chi connectivity index (χ4v) is 1.05. The maximum absolute atomic E-state index is 12.6. The van der Waals surface area contributed by atoms with E-state index in [1.807, 2.05) is 0 Å². The Hall–Kier alpha value is -1.66. The summed E-state index contributed by atoms with van der Waals surface area (Å²) in [7, 11) is 0. The van der Waals surface area contributed by atoms with Crippen LogP contribution in [-0.2, 0) is 11.6 Å². The largest absolute Gasteiger partial charge is 0.433 e. The van der Waals surface area contributed by atoms with Crippen molar-refractivity contribution in [2.45, 2.75) is 32.4 Å². The molecule has 0 saturated heterocycles. The van der Waals surface area contributed by atoms with Gasteiger partial charge in [-0.15, -0.1) is 0 Å². The van der Waals surface area contributed by atoms with E-state index in [0.29, 0.717) is 6.07 Å². The fourth-order valence-electron chi connectivity index (χ4n) is 1.05. The lowest BCUT2D eigenvalue weighted by Crippen LogP contribution is -2.24. The standard InChI is InChI=1S/C10H12F3N3O/c1-9(2,3)8-15-5(7(14)17)4-6(16-8)10(11,12)13/h4H,1-3H3,(H2,14,17). The second-order valence-electron chi connectivity index (χ2n) is 4.57. The van der Waals surface area contributed by atoms with E-state index >= 15 is 0 Å². The van der Waals surface area contributed by atoms with Crippen molar-refractivity contribution in [3.8, 4) is 0 Å². The highest BCUT2D eigenvalue weighted by Gasteiger charge is 2.35. The van der Waals surface area contributed by atoms with E-state index in [2.05, 4.69) is 9.97 Å². The van der Waals surface area contributed by atoms with E-state index in [0.717, 1.165) is 0 Å². The van der Waals surface area contributed by atoms with Gasteiger partial charge in [-0.2, -0.15) is 13.2 Å². The first-order valence-corrected chi connectivity index (χ1v) is 4.78. The second-order valence-corrected chi connectivity index (χ2v) is 4.57. The van der Waals surface area contributed by atoms with Crippen LogP contribution < -0.4 is 5.73 Å². The predicted octanol–water partition coefficient (Wildman–Crippen LogP) is 1.89. The van der Waals surface area contributed by atoms with Crippen molar-refractivity contribution in [3.63, 3.8) is 0 Å². The van der Waals surface area contributed by atoms with Crippen molar-refractivity contribution in [2.75, 3.05) is 0 Å². The summed E-state index contributed by atoms with van der Waals surface area (Å²) in [6.45, 7) is 4.94. The van der Waals surface area contributed by atoms with Crippen LogP contribution in [0, 0.1) is 0 Å². The molecule has 0 radical (unpaired) electrons. The third-order valence-corrected chi connectivity index (χ3v) is 1.94. The van der Waals surface area contributed by atoms with E-state index in [4.69, 9.17) is 5.73 Å². The van der Waals surface area contributed by atoms with E-state index in [1.54, 1.807) is 20.8 Å². The molecule has 7 heteroatoms. The Morgan fingerprint density at radius 3 is 2.12 bits per heavy atom. The zero-order valence-corrected chi connectivity index (χ0v) is 9.59. The lowest BCUT2D eigenvalue weighted by molar-refractivity contribution is -0.141. The number of alkyl halides is 3. The summed E-state index contributed by atoms with van der Waals surface area (Å²) >= 11 is 0. The average molecular weight is 247 g/mol. The van der Waals surface area contributed by atoms with Crippen molar-refractivity contribution in [3.05, 3.63) is 23.3 Å². The predicted molar refractivity (Wildman–Crippen MR) is 54.3 cm³/mol. The minimum atomic E-state index is -4.63. The van der Waals surface area contributed by atoms with Gasteiger partial charge in [0.25, 0.3) is 5.91 Å². The Kier molecular flexibility index (Phi) is 3.13. The molecule has 0 aliphatic heterocycles. The van der Waals surface area contributed by atoms with Crippen molar-refractivity contribution >= 4 is 5.91 Å². The molecule has 0 aromatic carbocycles. The van der Waals surface area contributed by atoms with Gasteiger partial charge in [0.15, 0.2) is 0 Å². The highest BCUT2D eigenvalue weighted by molar-refractivity contribution is 5.90. The number of amides is 1. The molecule has 1 aromatic rings. The molecule has 0 saturated carbocycles. The molecule has 0 bridgehead atoms. The average Bonchev–Trinajstić information content (AvgIpc) is 2.14. The Balaban J connectivity index is 3.45. The van der Waals surface area contributed by atoms with Gasteiger partial charge in [-0.05, 0) is 0 Å². The van der Waals surface area contributed by atoms with Crippen LogP contribution >= 0.6 is 0 Å². The third-order valence-electron chi connectivity index (χ3n) is 1.94. The van der Waals surface area contributed by atoms with Crippen molar-refractivity contribution in [1.29, 1.82) is 0 Å². The molecule has 94 valence electrons. The molecule has 0 spiro atoms. The first kappa shape index (κ1) is 13.4. The molecule has 0 aliphatic carbocycles. The van der Waals surface area contributed by atoms with Crippen LogP contribution in [0.5, 0.6) is 0 Å². The number of primary amides is 1. The summed E-state index contributed by atoms with van der Waals surface area (Å²) in [6, 6.07) is 0.553. The minimum Gasteiger partial charge on any atom is -0.364 e. The molecular formula is C10H12F3N3O. The van der Waals surface area contributed by atoms with Crippen LogP contribution in [0.15, 0.2) is 6.07 Å². The topological polar surface area (TPSA) is 68.9 Å². The molecule has 0 atom stereocenters. The van der Waals surface area contributed by atoms with Gasteiger partial charge >= 0.3 is 6.18 Å². The number of halogens is 3. The molecular weight excluding hydrogens is 235 g/mol. The van der Waals surface area contributed by atoms with Crippen molar-refractivity contribution < 1.29 is 18.0 Å². The SMILES string of the molecule is CC(C)(C)c1nc(C(N)=O)cc(C(F)(F)F)n1. The molecule has 0 unspecified atom stereocenters. The summed E-state index contributed by atoms with van der Waals surface area (Å²) in [5, 5.41) is 0. The van der Waals surface area contributed by atoms with Crippen LogP contribution in [0.1, 0.15) is 42.8 Å². The molecule has 1 amide bonds. The summed E-state index contributed by atoms with van der Waals surface area (Å²) in [5.74, 6) is -1.08. The number of hydrogen-bond acceptors (Lipinski definition) is 3. The maximum Gasteiger partial charge on any atom is 0.433 e. The number of rotatable bonds is 1. The van der Waals surface area contributed by atoms with Crippen LogP contribution in [0.4, 0.5) is 13.2 Å². The third kappa shape index (κ3) is 3.15. The second kappa shape index (κ2) is 3.97. The molecule has 1 rings (SSSR count). The first-order valence-electron chi connectivity index (χ1n) is 4.78. The summed E-state index contributed by atoms with van der Waals surface area (Å²) in [4.78, 5) is 18.1. The van der Waals surface area contributed by atoms with E-state index < -0.39 is 28.9 Å². The number of carbonyl (C=O) groups is 1. The maximum atomic E-state index is 12.6. The van der Waals surface area contributed by atoms with Gasteiger partial charge in [0.2, 0.25) is 0 Å². The lowest BCUT2D eigenvalue weighted by Gasteiger charge is -2.18. The Morgan fingerprint density at radius 1 is 1.24 bits per heavy atom. The fraction of sp³-hybridized carbons (Fsp3) is 0.500. The quantitative estimate of drug-likeness (QED) is 0.823. The van der Waals surface area contributed by atoms with E-state index in [9.17, 15) is 18.0 Å². The van der Waals surface area contributed by atoms with E-state index in [-0.39, 0.29) is 5.82 Å². The number of aromatic nitrogens is 2. The molecule has 0 aliphatic rings. The van der Waals surface area contributed by atoms with Gasteiger partial charge < -0.3 is 5.73 Å². The van der Waals surface area contributed by atoms with Gasteiger partial charge in [-0.1, -0.05) is 20.8 Å². The van der Waals surface area contributed by atoms with Gasteiger partial charge in [-0.25, -0.2) is 9.97 Å². The molecule has 1 heterocycles. The molecule has 2 N–H and O–H groups in total. The highest BCUT2D eigenvalue weighted by atomic mass is 19.4. The van der Waals surface area contributed by atoms with Crippen molar-refractivity contribution in [1.82, 2.24) is 9.97 Å². The van der Waals surface area contributed by atoms with Gasteiger partial charge in [0.1, 0.15) is 17.2 Å². The molecule has 17 heavy (non-hydrogen) atoms. The Morgan fingerprint density at radius 2 is 1.76 bits per heavy atom. The summed E-state index contributed by atoms with van der Waals surface area (Å²) in [6.07, 6.45) is -4.63. The van der Waals surface area contributed by atoms with Crippen molar-refractivity contribution in [2.24, 2.45) is 5.73 Å². The van der Waals surface area contributed by atoms with Crippen LogP contribution in [0.3, 0.4) is 0 Å². The monoisotopic (exact) mass is 247 g/mol. The van der Waals surface area contributed by atoms with Gasteiger partial charge in [-0.3, -0.25) is 4.79 Å². The Labute approximate surface area is 96.1 Å². The van der Waals surface area contributed by atoms with Crippen LogP contribution in [0.2, 0.25) is 0 Å². The van der Waals surface area contributed by atoms with Gasteiger partial charge in [0, 0.05) is 11.5 Å². The summed E-state index contributed by atoms with van der Waals surface area (Å²) < 4.78 is 37.7. The number of carbonyl (C=O) groups excluding carboxylic acids is 1. The number of nitrogens with two attached hydrogens (primary N) is 1.